The molecule has 1 fully saturated rings. The Morgan fingerprint density at radius 2 is 2.03 bits per heavy atom. The number of alkyl halides is 3. The SMILES string of the molecule is O=C(c1ccccc1OC(F)(F)F)N1CCC(Nc2nc3ccc(F)cc3o2)C1. The minimum absolute atomic E-state index is 0.164. The second-order valence-electron chi connectivity index (χ2n) is 6.56. The zero-order valence-electron chi connectivity index (χ0n) is 14.9. The predicted molar refractivity (Wildman–Crippen MR) is 95.0 cm³/mol. The van der Waals surface area contributed by atoms with Gasteiger partial charge in [0, 0.05) is 25.2 Å². The minimum Gasteiger partial charge on any atom is -0.423 e. The van der Waals surface area contributed by atoms with Crippen molar-refractivity contribution >= 4 is 23.0 Å². The average Bonchev–Trinajstić information content (AvgIpc) is 3.26. The lowest BCUT2D eigenvalue weighted by molar-refractivity contribution is -0.274. The number of oxazole rings is 1. The van der Waals surface area contributed by atoms with E-state index in [0.29, 0.717) is 18.5 Å². The number of nitrogens with zero attached hydrogens (tertiary/aromatic N) is 2. The number of halogens is 4. The van der Waals surface area contributed by atoms with Crippen LogP contribution in [0.3, 0.4) is 0 Å². The number of nitrogens with one attached hydrogen (secondary N) is 1. The first-order valence-corrected chi connectivity index (χ1v) is 8.75. The summed E-state index contributed by atoms with van der Waals surface area (Å²) >= 11 is 0. The van der Waals surface area contributed by atoms with E-state index in [1.807, 2.05) is 0 Å². The van der Waals surface area contributed by atoms with Gasteiger partial charge in [-0.05, 0) is 30.7 Å². The smallest absolute Gasteiger partial charge is 0.423 e. The molecule has 2 heterocycles. The number of hydrogen-bond donors (Lipinski definition) is 1. The minimum atomic E-state index is -4.89. The zero-order chi connectivity index (χ0) is 20.6. The highest BCUT2D eigenvalue weighted by molar-refractivity contribution is 5.97. The van der Waals surface area contributed by atoms with Crippen LogP contribution in [0.2, 0.25) is 0 Å². The van der Waals surface area contributed by atoms with Crippen LogP contribution in [-0.2, 0) is 0 Å². The summed E-state index contributed by atoms with van der Waals surface area (Å²) in [5.74, 6) is -1.55. The largest absolute Gasteiger partial charge is 0.573 e. The lowest BCUT2D eigenvalue weighted by Crippen LogP contribution is -2.32. The molecule has 152 valence electrons. The topological polar surface area (TPSA) is 67.6 Å². The monoisotopic (exact) mass is 409 g/mol. The fraction of sp³-hybridized carbons (Fsp3) is 0.263. The Kier molecular flexibility index (Phi) is 4.77. The number of ether oxygens (including phenoxy) is 1. The molecule has 6 nitrogen and oxygen atoms in total. The number of hydrogen-bond acceptors (Lipinski definition) is 5. The van der Waals surface area contributed by atoms with Crippen molar-refractivity contribution in [2.75, 3.05) is 18.4 Å². The van der Waals surface area contributed by atoms with Gasteiger partial charge in [0.2, 0.25) is 0 Å². The number of aromatic nitrogens is 1. The Hall–Kier alpha value is -3.30. The van der Waals surface area contributed by atoms with Crippen LogP contribution in [0.5, 0.6) is 5.75 Å². The van der Waals surface area contributed by atoms with Gasteiger partial charge in [0.25, 0.3) is 11.9 Å². The summed E-state index contributed by atoms with van der Waals surface area (Å²) in [6.07, 6.45) is -4.35. The van der Waals surface area contributed by atoms with Gasteiger partial charge in [0.15, 0.2) is 5.58 Å². The van der Waals surface area contributed by atoms with Crippen LogP contribution in [0.1, 0.15) is 16.8 Å². The number of para-hydroxylation sites is 1. The molecule has 0 saturated carbocycles. The van der Waals surface area contributed by atoms with E-state index < -0.39 is 23.8 Å². The first-order valence-electron chi connectivity index (χ1n) is 8.75. The van der Waals surface area contributed by atoms with Gasteiger partial charge in [0.05, 0.1) is 5.56 Å². The van der Waals surface area contributed by atoms with Crippen molar-refractivity contribution in [1.29, 1.82) is 0 Å². The fourth-order valence-corrected chi connectivity index (χ4v) is 3.22. The molecule has 0 spiro atoms. The number of carbonyl (C=O) groups excluding carboxylic acids is 1. The van der Waals surface area contributed by atoms with E-state index in [0.717, 1.165) is 6.07 Å². The summed E-state index contributed by atoms with van der Waals surface area (Å²) in [5, 5.41) is 3.03. The fourth-order valence-electron chi connectivity index (χ4n) is 3.22. The van der Waals surface area contributed by atoms with Gasteiger partial charge in [-0.1, -0.05) is 12.1 Å². The Morgan fingerprint density at radius 1 is 1.24 bits per heavy atom. The van der Waals surface area contributed by atoms with Crippen molar-refractivity contribution < 1.29 is 31.5 Å². The van der Waals surface area contributed by atoms with Crippen molar-refractivity contribution in [3.63, 3.8) is 0 Å². The van der Waals surface area contributed by atoms with Crippen LogP contribution in [0, 0.1) is 5.82 Å². The molecule has 4 rings (SSSR count). The van der Waals surface area contributed by atoms with Crippen LogP contribution in [0.25, 0.3) is 11.1 Å². The van der Waals surface area contributed by atoms with E-state index in [2.05, 4.69) is 15.0 Å². The third-order valence-electron chi connectivity index (χ3n) is 4.50. The van der Waals surface area contributed by atoms with Crippen molar-refractivity contribution in [3.8, 4) is 5.75 Å². The molecule has 29 heavy (non-hydrogen) atoms. The highest BCUT2D eigenvalue weighted by atomic mass is 19.4. The zero-order valence-corrected chi connectivity index (χ0v) is 14.9. The second kappa shape index (κ2) is 7.26. The van der Waals surface area contributed by atoms with E-state index >= 15 is 0 Å². The number of carbonyl (C=O) groups is 1. The lowest BCUT2D eigenvalue weighted by Gasteiger charge is -2.19. The van der Waals surface area contributed by atoms with Gasteiger partial charge < -0.3 is 19.4 Å². The summed E-state index contributed by atoms with van der Waals surface area (Å²) in [7, 11) is 0. The first-order chi connectivity index (χ1) is 13.8. The molecule has 1 aliphatic heterocycles. The standard InChI is InChI=1S/C19H15F4N3O3/c20-11-5-6-14-16(9-11)28-18(25-14)24-12-7-8-26(10-12)17(27)13-3-1-2-4-15(13)29-19(21,22)23/h1-6,9,12H,7-8,10H2,(H,24,25). The van der Waals surface area contributed by atoms with Crippen molar-refractivity contribution in [2.24, 2.45) is 0 Å². The van der Waals surface area contributed by atoms with Gasteiger partial charge in [-0.2, -0.15) is 4.98 Å². The highest BCUT2D eigenvalue weighted by Gasteiger charge is 2.34. The molecule has 0 radical (unpaired) electrons. The maximum absolute atomic E-state index is 13.3. The molecule has 1 saturated heterocycles. The summed E-state index contributed by atoms with van der Waals surface area (Å²) < 4.78 is 60.4. The molecule has 0 aliphatic carbocycles. The average molecular weight is 409 g/mol. The normalized spacial score (nSPS) is 17.0. The van der Waals surface area contributed by atoms with Gasteiger partial charge in [0.1, 0.15) is 17.1 Å². The summed E-state index contributed by atoms with van der Waals surface area (Å²) in [6.45, 7) is 0.581. The van der Waals surface area contributed by atoms with Gasteiger partial charge in [-0.3, -0.25) is 4.79 Å². The molecule has 1 atom stereocenters. The molecule has 1 unspecified atom stereocenters. The third-order valence-corrected chi connectivity index (χ3v) is 4.50. The van der Waals surface area contributed by atoms with Crippen LogP contribution >= 0.6 is 0 Å². The number of benzene rings is 2. The Bertz CT molecular complexity index is 1050. The first kappa shape index (κ1) is 19.0. The van der Waals surface area contributed by atoms with Crippen molar-refractivity contribution in [3.05, 3.63) is 53.8 Å². The van der Waals surface area contributed by atoms with Crippen LogP contribution < -0.4 is 10.1 Å². The highest BCUT2D eigenvalue weighted by Crippen LogP contribution is 2.28. The lowest BCUT2D eigenvalue weighted by atomic mass is 10.2. The summed E-state index contributed by atoms with van der Waals surface area (Å²) in [4.78, 5) is 18.3. The van der Waals surface area contributed by atoms with Crippen molar-refractivity contribution in [1.82, 2.24) is 9.88 Å². The molecule has 1 amide bonds. The maximum atomic E-state index is 13.3. The summed E-state index contributed by atoms with van der Waals surface area (Å²) in [6, 6.07) is 9.17. The molecule has 3 aromatic rings. The molecule has 2 aromatic carbocycles. The number of fused-ring (bicyclic) bond motifs is 1. The van der Waals surface area contributed by atoms with Crippen LogP contribution in [0.4, 0.5) is 23.6 Å². The van der Waals surface area contributed by atoms with Crippen molar-refractivity contribution in [2.45, 2.75) is 18.8 Å². The number of likely N-dealkylation sites (tertiary alicyclic amines) is 1. The molecular weight excluding hydrogens is 394 g/mol. The Balaban J connectivity index is 1.45. The predicted octanol–water partition coefficient (Wildman–Crippen LogP) is 4.19. The maximum Gasteiger partial charge on any atom is 0.573 e. The molecule has 1 N–H and O–H groups in total. The Labute approximate surface area is 162 Å². The molecule has 1 aromatic heterocycles. The van der Waals surface area contributed by atoms with Gasteiger partial charge in [-0.25, -0.2) is 4.39 Å². The molecular formula is C19H15F4N3O3. The van der Waals surface area contributed by atoms with E-state index in [4.69, 9.17) is 4.42 Å². The Morgan fingerprint density at radius 3 is 2.83 bits per heavy atom. The number of rotatable bonds is 4. The number of anilines is 1. The van der Waals surface area contributed by atoms with Gasteiger partial charge in [-0.15, -0.1) is 13.2 Å². The van der Waals surface area contributed by atoms with E-state index in [9.17, 15) is 22.4 Å². The quantitative estimate of drug-likeness (QED) is 0.655. The molecule has 0 bridgehead atoms. The van der Waals surface area contributed by atoms with Gasteiger partial charge >= 0.3 is 6.36 Å². The number of amides is 1. The van der Waals surface area contributed by atoms with Crippen LogP contribution in [-0.4, -0.2) is 41.3 Å². The second-order valence-corrected chi connectivity index (χ2v) is 6.56. The summed E-state index contributed by atoms with van der Waals surface area (Å²) in [5.41, 5.74) is 0.609. The molecule has 1 aliphatic rings. The molecule has 10 heteroatoms. The third kappa shape index (κ3) is 4.25. The van der Waals surface area contributed by atoms with E-state index in [1.165, 1.54) is 41.3 Å². The van der Waals surface area contributed by atoms with E-state index in [-0.39, 0.29) is 29.7 Å². The van der Waals surface area contributed by atoms with E-state index in [1.54, 1.807) is 0 Å². The van der Waals surface area contributed by atoms with Crippen LogP contribution in [0.15, 0.2) is 46.9 Å².